The number of halogens is 2. The second-order valence-corrected chi connectivity index (χ2v) is 8.07. The van der Waals surface area contributed by atoms with Gasteiger partial charge in [-0.2, -0.15) is 0 Å². The molecule has 2 aromatic rings. The van der Waals surface area contributed by atoms with Crippen molar-refractivity contribution in [2.75, 3.05) is 26.2 Å². The second kappa shape index (κ2) is 9.94. The van der Waals surface area contributed by atoms with Gasteiger partial charge in [0.15, 0.2) is 0 Å². The lowest BCUT2D eigenvalue weighted by atomic mass is 9.91. The van der Waals surface area contributed by atoms with Crippen LogP contribution in [-0.2, 0) is 24.2 Å². The van der Waals surface area contributed by atoms with E-state index in [2.05, 4.69) is 71.8 Å². The molecular formula is C23H31Cl2N3O. The number of fused-ring (bicyclic) bond motifs is 1. The number of nitrogens with zero attached hydrogens (tertiary/aromatic N) is 1. The first-order valence-corrected chi connectivity index (χ1v) is 9.95. The van der Waals surface area contributed by atoms with Crippen LogP contribution in [0.25, 0.3) is 0 Å². The molecule has 1 heterocycles. The van der Waals surface area contributed by atoms with Gasteiger partial charge in [-0.05, 0) is 30.5 Å². The average molecular weight is 436 g/mol. The number of hydrogen-bond donors (Lipinski definition) is 2. The van der Waals surface area contributed by atoms with Crippen molar-refractivity contribution in [2.45, 2.75) is 38.8 Å². The third kappa shape index (κ3) is 4.95. The third-order valence-corrected chi connectivity index (χ3v) is 5.96. The quantitative estimate of drug-likeness (QED) is 0.774. The third-order valence-electron chi connectivity index (χ3n) is 5.96. The van der Waals surface area contributed by atoms with Gasteiger partial charge in [0.2, 0.25) is 5.91 Å². The molecular weight excluding hydrogens is 405 g/mol. The van der Waals surface area contributed by atoms with Gasteiger partial charge in [-0.15, -0.1) is 24.8 Å². The highest BCUT2D eigenvalue weighted by molar-refractivity contribution is 5.88. The number of hydrogen-bond acceptors (Lipinski definition) is 3. The van der Waals surface area contributed by atoms with E-state index in [9.17, 15) is 4.79 Å². The van der Waals surface area contributed by atoms with Gasteiger partial charge in [0, 0.05) is 45.6 Å². The SMILES string of the molecule is Cc1cc(C)cc(CNC(=O)C2(N3CCNCC3)Cc3ccccc3C2)c1.Cl.Cl. The van der Waals surface area contributed by atoms with E-state index in [0.29, 0.717) is 6.54 Å². The fourth-order valence-electron chi connectivity index (χ4n) is 4.73. The summed E-state index contributed by atoms with van der Waals surface area (Å²) in [5.74, 6) is 0.166. The summed E-state index contributed by atoms with van der Waals surface area (Å²) >= 11 is 0. The molecule has 1 fully saturated rings. The summed E-state index contributed by atoms with van der Waals surface area (Å²) < 4.78 is 0. The van der Waals surface area contributed by atoms with E-state index in [-0.39, 0.29) is 30.7 Å². The van der Waals surface area contributed by atoms with Crippen molar-refractivity contribution < 1.29 is 4.79 Å². The molecule has 2 aliphatic rings. The van der Waals surface area contributed by atoms with E-state index in [1.807, 2.05) is 0 Å². The molecule has 0 saturated carbocycles. The van der Waals surface area contributed by atoms with Gasteiger partial charge < -0.3 is 10.6 Å². The van der Waals surface area contributed by atoms with E-state index >= 15 is 0 Å². The number of carbonyl (C=O) groups excluding carboxylic acids is 1. The number of aryl methyl sites for hydroxylation is 2. The standard InChI is InChI=1S/C23H29N3O.2ClH/c1-17-11-18(2)13-19(12-17)16-25-22(27)23(26-9-7-24-8-10-26)14-20-5-3-4-6-21(20)15-23;;/h3-6,11-13,24H,7-10,14-16H2,1-2H3,(H,25,27);2*1H. The number of amides is 1. The summed E-state index contributed by atoms with van der Waals surface area (Å²) in [6, 6.07) is 15.0. The van der Waals surface area contributed by atoms with Gasteiger partial charge in [-0.1, -0.05) is 53.6 Å². The zero-order valence-electron chi connectivity index (χ0n) is 17.2. The predicted molar refractivity (Wildman–Crippen MR) is 123 cm³/mol. The molecule has 4 rings (SSSR count). The Morgan fingerprint density at radius 2 is 1.55 bits per heavy atom. The molecule has 1 aliphatic carbocycles. The van der Waals surface area contributed by atoms with Crippen LogP contribution in [0.5, 0.6) is 0 Å². The molecule has 0 radical (unpaired) electrons. The molecule has 0 atom stereocenters. The molecule has 0 spiro atoms. The summed E-state index contributed by atoms with van der Waals surface area (Å²) in [6.07, 6.45) is 1.61. The number of benzene rings is 2. The van der Waals surface area contributed by atoms with Crippen molar-refractivity contribution in [1.82, 2.24) is 15.5 Å². The van der Waals surface area contributed by atoms with Crippen LogP contribution >= 0.6 is 24.8 Å². The molecule has 6 heteroatoms. The normalized spacial score (nSPS) is 17.6. The molecule has 0 aromatic heterocycles. The summed E-state index contributed by atoms with van der Waals surface area (Å²) in [5, 5.41) is 6.68. The maximum atomic E-state index is 13.5. The van der Waals surface area contributed by atoms with Gasteiger partial charge in [0.25, 0.3) is 0 Å². The summed E-state index contributed by atoms with van der Waals surface area (Å²) in [7, 11) is 0. The number of piperazine rings is 1. The first kappa shape index (κ1) is 23.7. The van der Waals surface area contributed by atoms with Crippen LogP contribution in [0.1, 0.15) is 27.8 Å². The zero-order valence-corrected chi connectivity index (χ0v) is 18.8. The average Bonchev–Trinajstić information content (AvgIpc) is 3.07. The van der Waals surface area contributed by atoms with Crippen molar-refractivity contribution in [3.63, 3.8) is 0 Å². The van der Waals surface area contributed by atoms with Crippen LogP contribution in [0.3, 0.4) is 0 Å². The largest absolute Gasteiger partial charge is 0.350 e. The van der Waals surface area contributed by atoms with Crippen LogP contribution in [-0.4, -0.2) is 42.5 Å². The topological polar surface area (TPSA) is 44.4 Å². The molecule has 1 amide bonds. The summed E-state index contributed by atoms with van der Waals surface area (Å²) in [5.41, 5.74) is 5.83. The maximum Gasteiger partial charge on any atom is 0.241 e. The Hall–Kier alpha value is -1.59. The molecule has 0 bridgehead atoms. The van der Waals surface area contributed by atoms with Crippen molar-refractivity contribution in [2.24, 2.45) is 0 Å². The first-order valence-electron chi connectivity index (χ1n) is 9.95. The highest BCUT2D eigenvalue weighted by atomic mass is 35.5. The van der Waals surface area contributed by atoms with E-state index in [1.165, 1.54) is 27.8 Å². The fraction of sp³-hybridized carbons (Fsp3) is 0.435. The first-order chi connectivity index (χ1) is 13.1. The van der Waals surface area contributed by atoms with E-state index in [1.54, 1.807) is 0 Å². The molecule has 1 aliphatic heterocycles. The molecule has 0 unspecified atom stereocenters. The number of carbonyl (C=O) groups is 1. The summed E-state index contributed by atoms with van der Waals surface area (Å²) in [6.45, 7) is 8.54. The Morgan fingerprint density at radius 1 is 1.00 bits per heavy atom. The van der Waals surface area contributed by atoms with Crippen LogP contribution in [0.4, 0.5) is 0 Å². The Labute approximate surface area is 186 Å². The lowest BCUT2D eigenvalue weighted by Gasteiger charge is -2.42. The van der Waals surface area contributed by atoms with Crippen LogP contribution in [0.15, 0.2) is 42.5 Å². The van der Waals surface area contributed by atoms with Crippen molar-refractivity contribution in [1.29, 1.82) is 0 Å². The van der Waals surface area contributed by atoms with Gasteiger partial charge in [-0.3, -0.25) is 9.69 Å². The zero-order chi connectivity index (χ0) is 18.9. The van der Waals surface area contributed by atoms with Crippen LogP contribution in [0.2, 0.25) is 0 Å². The Balaban J connectivity index is 0.00000150. The predicted octanol–water partition coefficient (Wildman–Crippen LogP) is 3.21. The van der Waals surface area contributed by atoms with Crippen molar-refractivity contribution in [3.05, 3.63) is 70.3 Å². The highest BCUT2D eigenvalue weighted by Gasteiger charge is 2.48. The Morgan fingerprint density at radius 3 is 2.10 bits per heavy atom. The fourth-order valence-corrected chi connectivity index (χ4v) is 4.73. The highest BCUT2D eigenvalue weighted by Crippen LogP contribution is 2.35. The Bertz CT molecular complexity index is 805. The minimum absolute atomic E-state index is 0. The minimum atomic E-state index is -0.454. The van der Waals surface area contributed by atoms with Crippen molar-refractivity contribution >= 4 is 30.7 Å². The van der Waals surface area contributed by atoms with E-state index in [0.717, 1.165) is 39.0 Å². The lowest BCUT2D eigenvalue weighted by molar-refractivity contribution is -0.134. The molecule has 158 valence electrons. The van der Waals surface area contributed by atoms with E-state index < -0.39 is 5.54 Å². The molecule has 4 nitrogen and oxygen atoms in total. The minimum Gasteiger partial charge on any atom is -0.350 e. The van der Waals surface area contributed by atoms with Gasteiger partial charge in [-0.25, -0.2) is 0 Å². The van der Waals surface area contributed by atoms with E-state index in [4.69, 9.17) is 0 Å². The maximum absolute atomic E-state index is 13.5. The Kier molecular flexibility index (Phi) is 8.12. The van der Waals surface area contributed by atoms with Gasteiger partial charge in [0.1, 0.15) is 5.54 Å². The molecule has 1 saturated heterocycles. The monoisotopic (exact) mass is 435 g/mol. The van der Waals surface area contributed by atoms with Gasteiger partial charge >= 0.3 is 0 Å². The van der Waals surface area contributed by atoms with Crippen LogP contribution < -0.4 is 10.6 Å². The van der Waals surface area contributed by atoms with Crippen LogP contribution in [0, 0.1) is 13.8 Å². The molecule has 2 N–H and O–H groups in total. The summed E-state index contributed by atoms with van der Waals surface area (Å²) in [4.78, 5) is 15.9. The van der Waals surface area contributed by atoms with Crippen molar-refractivity contribution in [3.8, 4) is 0 Å². The molecule has 2 aromatic carbocycles. The van der Waals surface area contributed by atoms with Gasteiger partial charge in [0.05, 0.1) is 0 Å². The number of rotatable bonds is 4. The number of nitrogens with one attached hydrogen (secondary N) is 2. The molecule has 29 heavy (non-hydrogen) atoms. The second-order valence-electron chi connectivity index (χ2n) is 8.07. The smallest absolute Gasteiger partial charge is 0.241 e. The lowest BCUT2D eigenvalue weighted by Crippen LogP contribution is -2.63.